The Morgan fingerprint density at radius 1 is 1.17 bits per heavy atom. The number of amides is 2. The van der Waals surface area contributed by atoms with Gasteiger partial charge in [0.25, 0.3) is 5.56 Å². The number of thioether (sulfide) groups is 1. The highest BCUT2D eigenvalue weighted by Gasteiger charge is 2.14. The third-order valence-corrected chi connectivity index (χ3v) is 5.09. The molecule has 1 aromatic heterocycles. The molecule has 8 nitrogen and oxygen atoms in total. The van der Waals surface area contributed by atoms with Gasteiger partial charge in [-0.3, -0.25) is 19.0 Å². The van der Waals surface area contributed by atoms with Crippen LogP contribution >= 0.6 is 11.8 Å². The zero-order chi connectivity index (χ0) is 20.8. The number of aromatic nitrogens is 2. The molecule has 0 aliphatic rings. The average Bonchev–Trinajstić information content (AvgIpc) is 2.73. The number of benzene rings is 2. The van der Waals surface area contributed by atoms with Crippen LogP contribution in [0.5, 0.6) is 5.75 Å². The topological polar surface area (TPSA) is 116 Å². The summed E-state index contributed by atoms with van der Waals surface area (Å²) in [7, 11) is 1.59. The van der Waals surface area contributed by atoms with E-state index >= 15 is 0 Å². The first-order valence-electron chi connectivity index (χ1n) is 8.78. The predicted octanol–water partition coefficient (Wildman–Crippen LogP) is 1.15. The van der Waals surface area contributed by atoms with Crippen molar-refractivity contribution in [2.75, 3.05) is 19.4 Å². The molecule has 29 heavy (non-hydrogen) atoms. The number of methoxy groups -OCH3 is 1. The Balaban J connectivity index is 1.91. The van der Waals surface area contributed by atoms with Crippen molar-refractivity contribution in [1.82, 2.24) is 14.9 Å². The lowest BCUT2D eigenvalue weighted by atomic mass is 10.2. The molecule has 0 fully saturated rings. The molecular weight excluding hydrogens is 392 g/mol. The van der Waals surface area contributed by atoms with Crippen molar-refractivity contribution in [3.05, 3.63) is 64.4 Å². The second-order valence-corrected chi connectivity index (χ2v) is 7.13. The van der Waals surface area contributed by atoms with Gasteiger partial charge >= 0.3 is 0 Å². The van der Waals surface area contributed by atoms with Crippen LogP contribution in [0.15, 0.2) is 58.5 Å². The minimum Gasteiger partial charge on any atom is -0.497 e. The van der Waals surface area contributed by atoms with Gasteiger partial charge in [-0.05, 0) is 29.8 Å². The minimum atomic E-state index is -0.622. The van der Waals surface area contributed by atoms with Crippen molar-refractivity contribution < 1.29 is 14.3 Å². The van der Waals surface area contributed by atoms with Gasteiger partial charge in [0.1, 0.15) is 5.75 Å². The van der Waals surface area contributed by atoms with Crippen molar-refractivity contribution in [3.63, 3.8) is 0 Å². The summed E-state index contributed by atoms with van der Waals surface area (Å²) in [6, 6.07) is 14.4. The van der Waals surface area contributed by atoms with Crippen molar-refractivity contribution in [3.8, 4) is 5.75 Å². The zero-order valence-electron chi connectivity index (χ0n) is 15.8. The summed E-state index contributed by atoms with van der Waals surface area (Å²) in [5.41, 5.74) is 6.30. The van der Waals surface area contributed by atoms with E-state index < -0.39 is 5.91 Å². The van der Waals surface area contributed by atoms with E-state index in [0.29, 0.717) is 22.6 Å². The van der Waals surface area contributed by atoms with Crippen molar-refractivity contribution in [2.24, 2.45) is 5.73 Å². The SMILES string of the molecule is COc1ccc(Cn2c(SCC(=O)NCC(N)=O)nc3ccccc3c2=O)cc1. The lowest BCUT2D eigenvalue weighted by Crippen LogP contribution is -2.34. The first kappa shape index (κ1) is 20.4. The molecule has 3 rings (SSSR count). The monoisotopic (exact) mass is 412 g/mol. The van der Waals surface area contributed by atoms with E-state index in [1.807, 2.05) is 24.3 Å². The molecule has 0 saturated heterocycles. The van der Waals surface area contributed by atoms with E-state index in [2.05, 4.69) is 10.3 Å². The number of carbonyl (C=O) groups excluding carboxylic acids is 2. The number of nitrogens with two attached hydrogens (primary N) is 1. The first-order valence-corrected chi connectivity index (χ1v) is 9.77. The number of ether oxygens (including phenoxy) is 1. The summed E-state index contributed by atoms with van der Waals surface area (Å²) in [4.78, 5) is 40.4. The van der Waals surface area contributed by atoms with Gasteiger partial charge in [0, 0.05) is 0 Å². The molecule has 0 bridgehead atoms. The summed E-state index contributed by atoms with van der Waals surface area (Å²) in [5.74, 6) is -0.269. The second-order valence-electron chi connectivity index (χ2n) is 6.18. The van der Waals surface area contributed by atoms with E-state index in [-0.39, 0.29) is 23.8 Å². The number of carbonyl (C=O) groups is 2. The maximum absolute atomic E-state index is 13.1. The van der Waals surface area contributed by atoms with Crippen molar-refractivity contribution in [2.45, 2.75) is 11.7 Å². The molecule has 0 spiro atoms. The standard InChI is InChI=1S/C20H20N4O4S/c1-28-14-8-6-13(7-9-14)11-24-19(27)15-4-2-3-5-16(15)23-20(24)29-12-18(26)22-10-17(21)25/h2-9H,10-12H2,1H3,(H2,21,25)(H,22,26). The van der Waals surface area contributed by atoms with Gasteiger partial charge in [-0.1, -0.05) is 36.0 Å². The number of rotatable bonds is 8. The van der Waals surface area contributed by atoms with Crippen LogP contribution in [-0.2, 0) is 16.1 Å². The third kappa shape index (κ3) is 5.14. The Morgan fingerprint density at radius 2 is 1.90 bits per heavy atom. The van der Waals surface area contributed by atoms with Gasteiger partial charge in [0.15, 0.2) is 5.16 Å². The van der Waals surface area contributed by atoms with E-state index in [0.717, 1.165) is 23.1 Å². The fraction of sp³-hybridized carbons (Fsp3) is 0.200. The molecule has 9 heteroatoms. The van der Waals surface area contributed by atoms with Crippen molar-refractivity contribution in [1.29, 1.82) is 0 Å². The zero-order valence-corrected chi connectivity index (χ0v) is 16.6. The molecule has 0 aliphatic heterocycles. The van der Waals surface area contributed by atoms with Gasteiger partial charge in [-0.15, -0.1) is 0 Å². The maximum Gasteiger partial charge on any atom is 0.262 e. The normalized spacial score (nSPS) is 10.7. The fourth-order valence-electron chi connectivity index (χ4n) is 2.68. The largest absolute Gasteiger partial charge is 0.497 e. The van der Waals surface area contributed by atoms with Gasteiger partial charge in [0.2, 0.25) is 11.8 Å². The van der Waals surface area contributed by atoms with E-state index in [1.165, 1.54) is 4.57 Å². The minimum absolute atomic E-state index is 0.000667. The molecule has 0 atom stereocenters. The van der Waals surface area contributed by atoms with Crippen LogP contribution < -0.4 is 21.3 Å². The summed E-state index contributed by atoms with van der Waals surface area (Å²) < 4.78 is 6.70. The van der Waals surface area contributed by atoms with Crippen LogP contribution in [0.25, 0.3) is 10.9 Å². The number of primary amides is 1. The third-order valence-electron chi connectivity index (χ3n) is 4.12. The van der Waals surface area contributed by atoms with Crippen LogP contribution in [0.2, 0.25) is 0 Å². The lowest BCUT2D eigenvalue weighted by molar-refractivity contribution is -0.123. The molecule has 0 saturated carbocycles. The van der Waals surface area contributed by atoms with Crippen LogP contribution in [0, 0.1) is 0 Å². The molecule has 2 amide bonds. The predicted molar refractivity (Wildman–Crippen MR) is 111 cm³/mol. The molecule has 3 N–H and O–H groups in total. The number of nitrogens with one attached hydrogen (secondary N) is 1. The molecule has 0 unspecified atom stereocenters. The molecule has 1 heterocycles. The van der Waals surface area contributed by atoms with E-state index in [9.17, 15) is 14.4 Å². The van der Waals surface area contributed by atoms with Crippen LogP contribution in [-0.4, -0.2) is 40.8 Å². The Labute approximate surface area is 171 Å². The summed E-state index contributed by atoms with van der Waals surface area (Å²) in [6.07, 6.45) is 0. The Bertz CT molecular complexity index is 1100. The molecule has 0 radical (unpaired) electrons. The van der Waals surface area contributed by atoms with E-state index in [4.69, 9.17) is 10.5 Å². The summed E-state index contributed by atoms with van der Waals surface area (Å²) in [6.45, 7) is 0.0646. The summed E-state index contributed by atoms with van der Waals surface area (Å²) >= 11 is 1.13. The van der Waals surface area contributed by atoms with Gasteiger partial charge in [0.05, 0.1) is 36.9 Å². The smallest absolute Gasteiger partial charge is 0.262 e. The number of nitrogens with zero attached hydrogens (tertiary/aromatic N) is 2. The van der Waals surface area contributed by atoms with Crippen LogP contribution in [0.4, 0.5) is 0 Å². The van der Waals surface area contributed by atoms with Crippen LogP contribution in [0.3, 0.4) is 0 Å². The van der Waals surface area contributed by atoms with Gasteiger partial charge in [-0.25, -0.2) is 4.98 Å². The average molecular weight is 412 g/mol. The highest BCUT2D eigenvalue weighted by atomic mass is 32.2. The molecule has 2 aromatic carbocycles. The first-order chi connectivity index (χ1) is 14.0. The lowest BCUT2D eigenvalue weighted by Gasteiger charge is -2.13. The number of para-hydroxylation sites is 1. The fourth-order valence-corrected chi connectivity index (χ4v) is 3.51. The Morgan fingerprint density at radius 3 is 2.59 bits per heavy atom. The highest BCUT2D eigenvalue weighted by molar-refractivity contribution is 7.99. The van der Waals surface area contributed by atoms with Crippen molar-refractivity contribution >= 4 is 34.5 Å². The second kappa shape index (κ2) is 9.24. The molecule has 150 valence electrons. The number of hydrogen-bond donors (Lipinski definition) is 2. The van der Waals surface area contributed by atoms with Gasteiger partial charge < -0.3 is 15.8 Å². The Hall–Kier alpha value is -3.33. The Kier molecular flexibility index (Phi) is 6.50. The van der Waals surface area contributed by atoms with E-state index in [1.54, 1.807) is 31.4 Å². The van der Waals surface area contributed by atoms with Gasteiger partial charge in [-0.2, -0.15) is 0 Å². The molecular formula is C20H20N4O4S. The maximum atomic E-state index is 13.1. The number of fused-ring (bicyclic) bond motifs is 1. The molecule has 3 aromatic rings. The quantitative estimate of drug-likeness (QED) is 0.423. The summed E-state index contributed by atoms with van der Waals surface area (Å²) in [5, 5.41) is 3.34. The van der Waals surface area contributed by atoms with Crippen LogP contribution in [0.1, 0.15) is 5.56 Å². The number of hydrogen-bond acceptors (Lipinski definition) is 6. The molecule has 0 aliphatic carbocycles. The highest BCUT2D eigenvalue weighted by Crippen LogP contribution is 2.19.